The molecule has 0 aromatic heterocycles. The Morgan fingerprint density at radius 2 is 1.00 bits per heavy atom. The SMILES string of the molecule is CCCCCCCCCCCCCCCCC(N)C(C)(C)O. The molecule has 1 atom stereocenters. The third-order valence-electron chi connectivity index (χ3n) is 4.78. The van der Waals surface area contributed by atoms with Gasteiger partial charge in [-0.15, -0.1) is 0 Å². The van der Waals surface area contributed by atoms with Gasteiger partial charge in [-0.25, -0.2) is 0 Å². The highest BCUT2D eigenvalue weighted by Gasteiger charge is 2.21. The standard InChI is InChI=1S/C20H43NO/c1-4-5-6-7-8-9-10-11-12-13-14-15-16-17-18-19(21)20(2,3)22/h19,22H,4-18,21H2,1-3H3. The van der Waals surface area contributed by atoms with E-state index in [1.807, 2.05) is 13.8 Å². The Bertz CT molecular complexity index is 222. The lowest BCUT2D eigenvalue weighted by Gasteiger charge is -2.25. The highest BCUT2D eigenvalue weighted by molar-refractivity contribution is 4.79. The molecule has 0 saturated heterocycles. The van der Waals surface area contributed by atoms with Crippen LogP contribution in [0.25, 0.3) is 0 Å². The summed E-state index contributed by atoms with van der Waals surface area (Å²) in [5, 5.41) is 9.77. The third-order valence-corrected chi connectivity index (χ3v) is 4.78. The van der Waals surface area contributed by atoms with Crippen LogP contribution in [0.4, 0.5) is 0 Å². The molecular weight excluding hydrogens is 270 g/mol. The first-order valence-corrected chi connectivity index (χ1v) is 9.96. The van der Waals surface area contributed by atoms with Crippen molar-refractivity contribution in [2.45, 2.75) is 129 Å². The fourth-order valence-electron chi connectivity index (χ4n) is 2.91. The van der Waals surface area contributed by atoms with Crippen LogP contribution in [-0.4, -0.2) is 16.7 Å². The zero-order valence-electron chi connectivity index (χ0n) is 15.7. The summed E-state index contributed by atoms with van der Waals surface area (Å²) in [6.45, 7) is 5.89. The van der Waals surface area contributed by atoms with Crippen LogP contribution >= 0.6 is 0 Å². The first kappa shape index (κ1) is 21.9. The average molecular weight is 314 g/mol. The van der Waals surface area contributed by atoms with E-state index in [0.29, 0.717) is 0 Å². The summed E-state index contributed by atoms with van der Waals surface area (Å²) >= 11 is 0. The van der Waals surface area contributed by atoms with Crippen LogP contribution < -0.4 is 5.73 Å². The van der Waals surface area contributed by atoms with Gasteiger partial charge in [-0.2, -0.15) is 0 Å². The molecule has 0 bridgehead atoms. The van der Waals surface area contributed by atoms with E-state index in [1.54, 1.807) is 0 Å². The van der Waals surface area contributed by atoms with Gasteiger partial charge in [0.25, 0.3) is 0 Å². The highest BCUT2D eigenvalue weighted by atomic mass is 16.3. The summed E-state index contributed by atoms with van der Waals surface area (Å²) in [4.78, 5) is 0. The Morgan fingerprint density at radius 1 is 0.682 bits per heavy atom. The molecule has 0 heterocycles. The van der Waals surface area contributed by atoms with Crippen LogP contribution in [0.5, 0.6) is 0 Å². The molecule has 0 aromatic rings. The van der Waals surface area contributed by atoms with E-state index in [1.165, 1.54) is 83.5 Å². The fraction of sp³-hybridized carbons (Fsp3) is 1.00. The van der Waals surface area contributed by atoms with Gasteiger partial charge in [-0.05, 0) is 20.3 Å². The average Bonchev–Trinajstić information content (AvgIpc) is 2.46. The molecule has 0 aliphatic heterocycles. The Kier molecular flexibility index (Phi) is 14.5. The number of aliphatic hydroxyl groups is 1. The van der Waals surface area contributed by atoms with Crippen LogP contribution in [0, 0.1) is 0 Å². The Balaban J connectivity index is 3.12. The Hall–Kier alpha value is -0.0800. The van der Waals surface area contributed by atoms with E-state index in [-0.39, 0.29) is 6.04 Å². The lowest BCUT2D eigenvalue weighted by atomic mass is 9.94. The zero-order chi connectivity index (χ0) is 16.7. The van der Waals surface area contributed by atoms with Gasteiger partial charge < -0.3 is 10.8 Å². The summed E-state index contributed by atoms with van der Waals surface area (Å²) in [6, 6.07) is -0.0789. The summed E-state index contributed by atoms with van der Waals surface area (Å²) in [6.07, 6.45) is 20.3. The third kappa shape index (κ3) is 14.8. The van der Waals surface area contributed by atoms with Gasteiger partial charge in [-0.3, -0.25) is 0 Å². The molecule has 0 spiro atoms. The largest absolute Gasteiger partial charge is 0.389 e. The van der Waals surface area contributed by atoms with Crippen molar-refractivity contribution in [1.82, 2.24) is 0 Å². The van der Waals surface area contributed by atoms with Crippen molar-refractivity contribution < 1.29 is 5.11 Å². The fourth-order valence-corrected chi connectivity index (χ4v) is 2.91. The maximum Gasteiger partial charge on any atom is 0.0741 e. The van der Waals surface area contributed by atoms with Crippen LogP contribution in [0.3, 0.4) is 0 Å². The van der Waals surface area contributed by atoms with Crippen molar-refractivity contribution in [1.29, 1.82) is 0 Å². The number of nitrogens with two attached hydrogens (primary N) is 1. The minimum absolute atomic E-state index is 0.0789. The Morgan fingerprint density at radius 3 is 1.32 bits per heavy atom. The quantitative estimate of drug-likeness (QED) is 0.345. The van der Waals surface area contributed by atoms with Gasteiger partial charge in [0.05, 0.1) is 5.60 Å². The second-order valence-corrected chi connectivity index (χ2v) is 7.65. The number of hydrogen-bond acceptors (Lipinski definition) is 2. The van der Waals surface area contributed by atoms with Crippen LogP contribution in [0.2, 0.25) is 0 Å². The molecule has 0 fully saturated rings. The second-order valence-electron chi connectivity index (χ2n) is 7.65. The minimum Gasteiger partial charge on any atom is -0.389 e. The van der Waals surface area contributed by atoms with Crippen molar-refractivity contribution in [3.05, 3.63) is 0 Å². The summed E-state index contributed by atoms with van der Waals surface area (Å²) in [5.41, 5.74) is 5.22. The molecule has 2 nitrogen and oxygen atoms in total. The van der Waals surface area contributed by atoms with E-state index in [2.05, 4.69) is 6.92 Å². The number of unbranched alkanes of at least 4 members (excludes halogenated alkanes) is 13. The van der Waals surface area contributed by atoms with Crippen LogP contribution in [0.1, 0.15) is 117 Å². The summed E-state index contributed by atoms with van der Waals surface area (Å²) in [7, 11) is 0. The van der Waals surface area contributed by atoms with E-state index < -0.39 is 5.60 Å². The Labute approximate surface area is 140 Å². The molecule has 134 valence electrons. The molecule has 0 saturated carbocycles. The van der Waals surface area contributed by atoms with Crippen molar-refractivity contribution >= 4 is 0 Å². The van der Waals surface area contributed by atoms with Gasteiger partial charge in [0.15, 0.2) is 0 Å². The predicted octanol–water partition coefficient (Wildman–Crippen LogP) is 5.96. The molecule has 0 aliphatic rings. The lowest BCUT2D eigenvalue weighted by molar-refractivity contribution is 0.0482. The van der Waals surface area contributed by atoms with Crippen LogP contribution in [0.15, 0.2) is 0 Å². The normalized spacial score (nSPS) is 13.5. The molecule has 2 heteroatoms. The second kappa shape index (κ2) is 14.5. The van der Waals surface area contributed by atoms with Crippen LogP contribution in [-0.2, 0) is 0 Å². The molecule has 0 aliphatic carbocycles. The molecule has 22 heavy (non-hydrogen) atoms. The molecular formula is C20H43NO. The van der Waals surface area contributed by atoms with Gasteiger partial charge in [0.2, 0.25) is 0 Å². The predicted molar refractivity (Wildman–Crippen MR) is 99.2 cm³/mol. The van der Waals surface area contributed by atoms with Gasteiger partial charge >= 0.3 is 0 Å². The molecule has 0 rings (SSSR count). The van der Waals surface area contributed by atoms with Crippen molar-refractivity contribution in [3.63, 3.8) is 0 Å². The molecule has 0 aromatic carbocycles. The summed E-state index contributed by atoms with van der Waals surface area (Å²) in [5.74, 6) is 0. The van der Waals surface area contributed by atoms with Crippen molar-refractivity contribution in [3.8, 4) is 0 Å². The molecule has 0 amide bonds. The zero-order valence-corrected chi connectivity index (χ0v) is 15.7. The van der Waals surface area contributed by atoms with E-state index in [9.17, 15) is 5.11 Å². The maximum absolute atomic E-state index is 9.77. The minimum atomic E-state index is -0.726. The van der Waals surface area contributed by atoms with Crippen molar-refractivity contribution in [2.24, 2.45) is 5.73 Å². The first-order chi connectivity index (χ1) is 10.5. The van der Waals surface area contributed by atoms with E-state index in [4.69, 9.17) is 5.73 Å². The smallest absolute Gasteiger partial charge is 0.0741 e. The van der Waals surface area contributed by atoms with Gasteiger partial charge in [-0.1, -0.05) is 96.8 Å². The molecule has 0 radical (unpaired) electrons. The number of rotatable bonds is 16. The van der Waals surface area contributed by atoms with E-state index >= 15 is 0 Å². The van der Waals surface area contributed by atoms with Crippen molar-refractivity contribution in [2.75, 3.05) is 0 Å². The highest BCUT2D eigenvalue weighted by Crippen LogP contribution is 2.16. The summed E-state index contributed by atoms with van der Waals surface area (Å²) < 4.78 is 0. The number of hydrogen-bond donors (Lipinski definition) is 2. The molecule has 3 N–H and O–H groups in total. The molecule has 1 unspecified atom stereocenters. The van der Waals surface area contributed by atoms with Gasteiger partial charge in [0, 0.05) is 6.04 Å². The lowest BCUT2D eigenvalue weighted by Crippen LogP contribution is -2.42. The van der Waals surface area contributed by atoms with E-state index in [0.717, 1.165) is 12.8 Å². The topological polar surface area (TPSA) is 46.2 Å². The van der Waals surface area contributed by atoms with Gasteiger partial charge in [0.1, 0.15) is 0 Å². The maximum atomic E-state index is 9.77. The first-order valence-electron chi connectivity index (χ1n) is 9.96. The monoisotopic (exact) mass is 313 g/mol.